The van der Waals surface area contributed by atoms with Gasteiger partial charge in [-0.2, -0.15) is 0 Å². The number of benzene rings is 1. The van der Waals surface area contributed by atoms with Gasteiger partial charge in [-0.15, -0.1) is 5.10 Å². The van der Waals surface area contributed by atoms with Gasteiger partial charge in [-0.25, -0.2) is 4.99 Å². The third-order valence-electron chi connectivity index (χ3n) is 3.39. The van der Waals surface area contributed by atoms with E-state index in [1.807, 2.05) is 30.3 Å². The number of ether oxygens (including phenoxy) is 1. The molecule has 5 nitrogen and oxygen atoms in total. The first-order valence-electron chi connectivity index (χ1n) is 7.89. The van der Waals surface area contributed by atoms with E-state index in [1.165, 1.54) is 11.1 Å². The predicted octanol–water partition coefficient (Wildman–Crippen LogP) is 5.14. The largest absolute Gasteiger partial charge is 0.497 e. The summed E-state index contributed by atoms with van der Waals surface area (Å²) < 4.78 is 10.7. The minimum absolute atomic E-state index is 0.245. The van der Waals surface area contributed by atoms with E-state index in [2.05, 4.69) is 42.0 Å². The molecule has 126 valence electrons. The number of methoxy groups -OCH3 is 1. The molecule has 0 fully saturated rings. The molecule has 0 saturated carbocycles. The summed E-state index contributed by atoms with van der Waals surface area (Å²) in [5, 5.41) is 7.94. The highest BCUT2D eigenvalue weighted by Gasteiger charge is 2.07. The molecule has 0 radical (unpaired) electrons. The highest BCUT2D eigenvalue weighted by molar-refractivity contribution is 5.74. The summed E-state index contributed by atoms with van der Waals surface area (Å²) in [5.41, 5.74) is 3.43. The molecule has 1 aromatic heterocycles. The Bertz CT molecular complexity index is 736. The number of rotatable bonds is 7. The normalized spacial score (nSPS) is 11.8. The van der Waals surface area contributed by atoms with Crippen LogP contribution in [0.15, 0.2) is 57.0 Å². The van der Waals surface area contributed by atoms with Gasteiger partial charge >= 0.3 is 6.01 Å². The summed E-state index contributed by atoms with van der Waals surface area (Å²) in [4.78, 5) is 4.19. The van der Waals surface area contributed by atoms with E-state index in [0.29, 0.717) is 5.89 Å². The molecule has 5 heteroatoms. The van der Waals surface area contributed by atoms with Crippen molar-refractivity contribution >= 4 is 12.2 Å². The lowest BCUT2D eigenvalue weighted by Gasteiger charge is -1.98. The topological polar surface area (TPSA) is 60.5 Å². The molecular weight excluding hydrogens is 302 g/mol. The lowest BCUT2D eigenvalue weighted by Crippen LogP contribution is -1.82. The van der Waals surface area contributed by atoms with Crippen molar-refractivity contribution in [1.29, 1.82) is 0 Å². The Hall–Kier alpha value is -2.69. The van der Waals surface area contributed by atoms with Gasteiger partial charge in [0.2, 0.25) is 5.89 Å². The Morgan fingerprint density at radius 1 is 1.17 bits per heavy atom. The average molecular weight is 325 g/mol. The maximum Gasteiger partial charge on any atom is 0.342 e. The summed E-state index contributed by atoms with van der Waals surface area (Å²) in [5.74, 6) is 1.22. The summed E-state index contributed by atoms with van der Waals surface area (Å²) in [7, 11) is 1.63. The van der Waals surface area contributed by atoms with Crippen molar-refractivity contribution in [2.75, 3.05) is 7.11 Å². The van der Waals surface area contributed by atoms with Crippen LogP contribution in [0.4, 0.5) is 6.01 Å². The molecule has 0 aliphatic rings. The fourth-order valence-corrected chi connectivity index (χ4v) is 2.02. The average Bonchev–Trinajstić information content (AvgIpc) is 3.03. The molecule has 0 amide bonds. The Labute approximate surface area is 142 Å². The molecule has 0 saturated heterocycles. The van der Waals surface area contributed by atoms with Gasteiger partial charge in [0, 0.05) is 11.8 Å². The molecule has 24 heavy (non-hydrogen) atoms. The van der Waals surface area contributed by atoms with E-state index < -0.39 is 0 Å². The SMILES string of the molecule is COc1ccc(-c2nnc(N=C/C=C(/C)CCC=C(C)C)o2)cc1. The highest BCUT2D eigenvalue weighted by atomic mass is 16.5. The molecule has 2 aromatic rings. The van der Waals surface area contributed by atoms with Crippen LogP contribution in [0.5, 0.6) is 5.75 Å². The molecular formula is C19H23N3O2. The van der Waals surface area contributed by atoms with Crippen molar-refractivity contribution < 1.29 is 9.15 Å². The zero-order valence-corrected chi connectivity index (χ0v) is 14.6. The first kappa shape index (κ1) is 17.7. The van der Waals surface area contributed by atoms with E-state index in [-0.39, 0.29) is 6.01 Å². The number of hydrogen-bond donors (Lipinski definition) is 0. The smallest absolute Gasteiger partial charge is 0.342 e. The summed E-state index contributed by atoms with van der Waals surface area (Å²) in [6.45, 7) is 6.30. The molecule has 0 N–H and O–H groups in total. The number of allylic oxidation sites excluding steroid dienone is 4. The number of nitrogens with zero attached hydrogens (tertiary/aromatic N) is 3. The second kappa shape index (κ2) is 8.82. The van der Waals surface area contributed by atoms with E-state index in [0.717, 1.165) is 24.2 Å². The summed E-state index contributed by atoms with van der Waals surface area (Å²) >= 11 is 0. The molecule has 0 bridgehead atoms. The third kappa shape index (κ3) is 5.50. The molecule has 0 spiro atoms. The maximum atomic E-state index is 5.54. The lowest BCUT2D eigenvalue weighted by atomic mass is 10.1. The summed E-state index contributed by atoms with van der Waals surface area (Å²) in [6.07, 6.45) is 7.95. The number of aromatic nitrogens is 2. The van der Waals surface area contributed by atoms with Crippen LogP contribution in [0.1, 0.15) is 33.6 Å². The van der Waals surface area contributed by atoms with Crippen molar-refractivity contribution in [1.82, 2.24) is 10.2 Å². The Kier molecular flexibility index (Phi) is 6.49. The van der Waals surface area contributed by atoms with Gasteiger partial charge in [-0.3, -0.25) is 0 Å². The highest BCUT2D eigenvalue weighted by Crippen LogP contribution is 2.23. The van der Waals surface area contributed by atoms with E-state index in [9.17, 15) is 0 Å². The fourth-order valence-electron chi connectivity index (χ4n) is 2.02. The van der Waals surface area contributed by atoms with Crippen LogP contribution in [0.2, 0.25) is 0 Å². The van der Waals surface area contributed by atoms with Crippen molar-refractivity contribution in [3.8, 4) is 17.2 Å². The zero-order valence-electron chi connectivity index (χ0n) is 14.6. The molecule has 1 aromatic carbocycles. The molecule has 0 aliphatic carbocycles. The van der Waals surface area contributed by atoms with Crippen LogP contribution in [0, 0.1) is 0 Å². The quantitative estimate of drug-likeness (QED) is 0.522. The van der Waals surface area contributed by atoms with E-state index in [4.69, 9.17) is 9.15 Å². The van der Waals surface area contributed by atoms with Crippen LogP contribution in [-0.4, -0.2) is 23.5 Å². The molecule has 2 rings (SSSR count). The van der Waals surface area contributed by atoms with Gasteiger partial charge < -0.3 is 9.15 Å². The van der Waals surface area contributed by atoms with E-state index in [1.54, 1.807) is 13.3 Å². The van der Waals surface area contributed by atoms with Crippen molar-refractivity contribution in [3.63, 3.8) is 0 Å². The number of aliphatic imine (C=N–C) groups is 1. The standard InChI is InChI=1S/C19H23N3O2/c1-14(2)6-5-7-15(3)12-13-20-19-22-21-18(24-19)16-8-10-17(23-4)11-9-16/h6,8-13H,5,7H2,1-4H3/b15-12-,20-13?. The Balaban J connectivity index is 1.96. The van der Waals surface area contributed by atoms with Crippen LogP contribution >= 0.6 is 0 Å². The number of hydrogen-bond acceptors (Lipinski definition) is 5. The van der Waals surface area contributed by atoms with Gasteiger partial charge in [0.15, 0.2) is 0 Å². The molecule has 1 heterocycles. The van der Waals surface area contributed by atoms with E-state index >= 15 is 0 Å². The van der Waals surface area contributed by atoms with Crippen LogP contribution in [-0.2, 0) is 0 Å². The van der Waals surface area contributed by atoms with Gasteiger partial charge in [-0.05, 0) is 64.0 Å². The maximum absolute atomic E-state index is 5.54. The molecule has 0 aliphatic heterocycles. The third-order valence-corrected chi connectivity index (χ3v) is 3.39. The van der Waals surface area contributed by atoms with Crippen molar-refractivity contribution in [2.45, 2.75) is 33.6 Å². The van der Waals surface area contributed by atoms with Crippen LogP contribution < -0.4 is 4.74 Å². The first-order chi connectivity index (χ1) is 11.6. The van der Waals surface area contributed by atoms with Gasteiger partial charge in [0.25, 0.3) is 0 Å². The minimum Gasteiger partial charge on any atom is -0.497 e. The lowest BCUT2D eigenvalue weighted by molar-refractivity contribution is 0.415. The summed E-state index contributed by atoms with van der Waals surface area (Å²) in [6, 6.07) is 7.68. The first-order valence-corrected chi connectivity index (χ1v) is 7.89. The minimum atomic E-state index is 0.245. The molecule has 0 unspecified atom stereocenters. The van der Waals surface area contributed by atoms with Crippen LogP contribution in [0.25, 0.3) is 11.5 Å². The van der Waals surface area contributed by atoms with Gasteiger partial charge in [0.05, 0.1) is 7.11 Å². The van der Waals surface area contributed by atoms with Gasteiger partial charge in [-0.1, -0.05) is 22.3 Å². The Morgan fingerprint density at radius 2 is 1.92 bits per heavy atom. The molecule has 0 atom stereocenters. The predicted molar refractivity (Wildman–Crippen MR) is 96.9 cm³/mol. The van der Waals surface area contributed by atoms with Crippen molar-refractivity contribution in [2.24, 2.45) is 4.99 Å². The second-order valence-electron chi connectivity index (χ2n) is 5.73. The fraction of sp³-hybridized carbons (Fsp3) is 0.316. The van der Waals surface area contributed by atoms with Crippen molar-refractivity contribution in [3.05, 3.63) is 47.6 Å². The Morgan fingerprint density at radius 3 is 2.58 bits per heavy atom. The second-order valence-corrected chi connectivity index (χ2v) is 5.73. The van der Waals surface area contributed by atoms with Crippen LogP contribution in [0.3, 0.4) is 0 Å². The monoisotopic (exact) mass is 325 g/mol. The zero-order chi connectivity index (χ0) is 17.4. The van der Waals surface area contributed by atoms with Gasteiger partial charge in [0.1, 0.15) is 5.75 Å².